The molecule has 2 rings (SSSR count). The van der Waals surface area contributed by atoms with Crippen molar-refractivity contribution in [3.8, 4) is 0 Å². The van der Waals surface area contributed by atoms with E-state index in [4.69, 9.17) is 0 Å². The molecule has 2 heterocycles. The number of hydrogen-bond donors (Lipinski definition) is 1. The smallest absolute Gasteiger partial charge is 0.129 e. The maximum atomic E-state index is 4.38. The highest BCUT2D eigenvalue weighted by atomic mass is 14.9. The molecule has 0 aliphatic rings. The van der Waals surface area contributed by atoms with Crippen molar-refractivity contribution in [3.05, 3.63) is 60.5 Å². The Morgan fingerprint density at radius 1 is 1.19 bits per heavy atom. The van der Waals surface area contributed by atoms with Crippen LogP contribution in [0.25, 0.3) is 11.6 Å². The normalized spacial score (nSPS) is 13.0. The van der Waals surface area contributed by atoms with Crippen LogP contribution in [-0.2, 0) is 0 Å². The van der Waals surface area contributed by atoms with Crippen LogP contribution in [0.15, 0.2) is 48.9 Å². The molecule has 3 heteroatoms. The average Bonchev–Trinajstić information content (AvgIpc) is 2.99. The van der Waals surface area contributed by atoms with Crippen LogP contribution in [0.4, 0.5) is 0 Å². The van der Waals surface area contributed by atoms with E-state index in [2.05, 4.69) is 53.9 Å². The van der Waals surface area contributed by atoms with Gasteiger partial charge in [-0.15, -0.1) is 0 Å². The summed E-state index contributed by atoms with van der Waals surface area (Å²) in [6.45, 7) is 6.68. The second kappa shape index (κ2) is 7.02. The van der Waals surface area contributed by atoms with Gasteiger partial charge in [0, 0.05) is 18.6 Å². The number of nitrogens with one attached hydrogen (secondary N) is 1. The Morgan fingerprint density at radius 3 is 2.71 bits per heavy atom. The van der Waals surface area contributed by atoms with Gasteiger partial charge in [-0.25, -0.2) is 4.98 Å². The van der Waals surface area contributed by atoms with Gasteiger partial charge in [-0.05, 0) is 49.0 Å². The third-order valence-electron chi connectivity index (χ3n) is 3.50. The number of aromatic nitrogens is 3. The van der Waals surface area contributed by atoms with E-state index in [1.165, 1.54) is 5.57 Å². The Hall–Kier alpha value is -2.16. The lowest BCUT2D eigenvalue weighted by atomic mass is 9.84. The zero-order chi connectivity index (χ0) is 15.1. The highest BCUT2D eigenvalue weighted by Gasteiger charge is 2.14. The van der Waals surface area contributed by atoms with E-state index in [1.807, 2.05) is 30.6 Å². The molecular weight excluding hydrogens is 258 g/mol. The highest BCUT2D eigenvalue weighted by molar-refractivity contribution is 5.60. The first-order valence-corrected chi connectivity index (χ1v) is 7.31. The van der Waals surface area contributed by atoms with Gasteiger partial charge in [0.05, 0.1) is 5.69 Å². The Morgan fingerprint density at radius 2 is 2.05 bits per heavy atom. The van der Waals surface area contributed by atoms with Gasteiger partial charge in [0.1, 0.15) is 5.82 Å². The number of aromatic amines is 1. The van der Waals surface area contributed by atoms with Crippen molar-refractivity contribution in [1.82, 2.24) is 15.0 Å². The highest BCUT2D eigenvalue weighted by Crippen LogP contribution is 2.28. The fraction of sp³-hybridized carbons (Fsp3) is 0.333. The number of pyridine rings is 1. The summed E-state index contributed by atoms with van der Waals surface area (Å²) in [5.74, 6) is 0.908. The third-order valence-corrected chi connectivity index (χ3v) is 3.50. The van der Waals surface area contributed by atoms with Crippen LogP contribution in [0.5, 0.6) is 0 Å². The minimum atomic E-state index is 0.221. The summed E-state index contributed by atoms with van der Waals surface area (Å²) in [7, 11) is 0. The molecule has 0 saturated heterocycles. The van der Waals surface area contributed by atoms with Crippen LogP contribution in [0.3, 0.4) is 0 Å². The summed E-state index contributed by atoms with van der Waals surface area (Å²) in [5, 5.41) is 0. The summed E-state index contributed by atoms with van der Waals surface area (Å²) in [4.78, 5) is 11.6. The Labute approximate surface area is 126 Å². The first-order valence-electron chi connectivity index (χ1n) is 7.31. The van der Waals surface area contributed by atoms with Crippen molar-refractivity contribution >= 4 is 11.6 Å². The van der Waals surface area contributed by atoms with Crippen LogP contribution in [0.1, 0.15) is 45.1 Å². The van der Waals surface area contributed by atoms with Crippen molar-refractivity contribution in [2.24, 2.45) is 5.41 Å². The molecule has 0 spiro atoms. The lowest BCUT2D eigenvalue weighted by molar-refractivity contribution is 0.378. The van der Waals surface area contributed by atoms with Crippen molar-refractivity contribution < 1.29 is 0 Å². The van der Waals surface area contributed by atoms with E-state index < -0.39 is 0 Å². The average molecular weight is 281 g/mol. The van der Waals surface area contributed by atoms with Gasteiger partial charge in [-0.1, -0.05) is 32.1 Å². The van der Waals surface area contributed by atoms with Gasteiger partial charge in [0.15, 0.2) is 0 Å². The molecule has 0 aromatic carbocycles. The van der Waals surface area contributed by atoms with Gasteiger partial charge < -0.3 is 4.98 Å². The van der Waals surface area contributed by atoms with Crippen LogP contribution in [0.2, 0.25) is 0 Å². The van der Waals surface area contributed by atoms with E-state index in [0.717, 1.165) is 24.4 Å². The standard InChI is InChI=1S/C18H23N3/c1-15(16-7-4-5-12-19-16)9-11-18(2,3)10-6-8-17-20-13-14-21-17/h4-9,12-14H,10-11H2,1-3H3,(H,20,21)/b8-6+,15-9+. The number of rotatable bonds is 6. The number of nitrogens with zero attached hydrogens (tertiary/aromatic N) is 2. The van der Waals surface area contributed by atoms with E-state index in [9.17, 15) is 0 Å². The van der Waals surface area contributed by atoms with Crippen molar-refractivity contribution in [2.45, 2.75) is 33.6 Å². The fourth-order valence-electron chi connectivity index (χ4n) is 2.07. The van der Waals surface area contributed by atoms with Crippen LogP contribution >= 0.6 is 0 Å². The second-order valence-corrected chi connectivity index (χ2v) is 6.05. The molecule has 110 valence electrons. The van der Waals surface area contributed by atoms with Gasteiger partial charge >= 0.3 is 0 Å². The second-order valence-electron chi connectivity index (χ2n) is 6.05. The Bertz CT molecular complexity index is 593. The van der Waals surface area contributed by atoms with Crippen molar-refractivity contribution in [2.75, 3.05) is 0 Å². The Balaban J connectivity index is 1.91. The van der Waals surface area contributed by atoms with E-state index >= 15 is 0 Å². The summed E-state index contributed by atoms with van der Waals surface area (Å²) < 4.78 is 0. The molecule has 0 fully saturated rings. The SMILES string of the molecule is C/C(=C\CC(C)(C)C/C=C/c1ncc[nH]1)c1ccccn1. The maximum Gasteiger partial charge on any atom is 0.129 e. The van der Waals surface area contributed by atoms with Gasteiger partial charge in [-0.2, -0.15) is 0 Å². The molecule has 0 atom stereocenters. The summed E-state index contributed by atoms with van der Waals surface area (Å²) in [6, 6.07) is 6.02. The quantitative estimate of drug-likeness (QED) is 0.831. The number of imidazole rings is 1. The Kier molecular flexibility index (Phi) is 5.09. The first-order chi connectivity index (χ1) is 10.1. The zero-order valence-corrected chi connectivity index (χ0v) is 13.0. The molecule has 0 amide bonds. The molecule has 0 saturated carbocycles. The number of hydrogen-bond acceptors (Lipinski definition) is 2. The molecule has 1 N–H and O–H groups in total. The molecule has 3 nitrogen and oxygen atoms in total. The molecule has 2 aromatic rings. The lowest BCUT2D eigenvalue weighted by Crippen LogP contribution is -2.08. The van der Waals surface area contributed by atoms with Crippen LogP contribution in [-0.4, -0.2) is 15.0 Å². The lowest BCUT2D eigenvalue weighted by Gasteiger charge is -2.21. The minimum Gasteiger partial charge on any atom is -0.345 e. The predicted molar refractivity (Wildman–Crippen MR) is 88.5 cm³/mol. The molecular formula is C18H23N3. The van der Waals surface area contributed by atoms with E-state index in [-0.39, 0.29) is 5.41 Å². The van der Waals surface area contributed by atoms with E-state index in [1.54, 1.807) is 6.20 Å². The van der Waals surface area contributed by atoms with Crippen molar-refractivity contribution in [1.29, 1.82) is 0 Å². The van der Waals surface area contributed by atoms with E-state index in [0.29, 0.717) is 0 Å². The van der Waals surface area contributed by atoms with Crippen LogP contribution < -0.4 is 0 Å². The third kappa shape index (κ3) is 5.03. The van der Waals surface area contributed by atoms with Gasteiger partial charge in [0.25, 0.3) is 0 Å². The largest absolute Gasteiger partial charge is 0.345 e. The number of H-pyrrole nitrogens is 1. The topological polar surface area (TPSA) is 41.6 Å². The molecule has 0 aliphatic carbocycles. The summed E-state index contributed by atoms with van der Waals surface area (Å²) in [6.07, 6.45) is 14.0. The zero-order valence-electron chi connectivity index (χ0n) is 13.0. The molecule has 2 aromatic heterocycles. The molecule has 21 heavy (non-hydrogen) atoms. The minimum absolute atomic E-state index is 0.221. The predicted octanol–water partition coefficient (Wildman–Crippen LogP) is 4.73. The van der Waals surface area contributed by atoms with Crippen molar-refractivity contribution in [3.63, 3.8) is 0 Å². The first kappa shape index (κ1) is 15.2. The summed E-state index contributed by atoms with van der Waals surface area (Å²) >= 11 is 0. The molecule has 0 unspecified atom stereocenters. The maximum absolute atomic E-state index is 4.38. The van der Waals surface area contributed by atoms with Crippen LogP contribution in [0, 0.1) is 5.41 Å². The molecule has 0 bridgehead atoms. The van der Waals surface area contributed by atoms with Gasteiger partial charge in [0.2, 0.25) is 0 Å². The fourth-order valence-corrected chi connectivity index (χ4v) is 2.07. The molecule has 0 aliphatic heterocycles. The summed E-state index contributed by atoms with van der Waals surface area (Å²) in [5.41, 5.74) is 2.51. The molecule has 0 radical (unpaired) electrons. The van der Waals surface area contributed by atoms with Gasteiger partial charge in [-0.3, -0.25) is 4.98 Å². The number of allylic oxidation sites excluding steroid dienone is 3. The monoisotopic (exact) mass is 281 g/mol.